The number of hydrogen-bond donors (Lipinski definition) is 1. The van der Waals surface area contributed by atoms with E-state index in [9.17, 15) is 9.18 Å². The van der Waals surface area contributed by atoms with Crippen molar-refractivity contribution in [3.05, 3.63) is 29.6 Å². The highest BCUT2D eigenvalue weighted by Gasteiger charge is 2.23. The number of methoxy groups -OCH3 is 1. The molecule has 1 fully saturated rings. The highest BCUT2D eigenvalue weighted by atomic mass is 19.1. The highest BCUT2D eigenvalue weighted by Crippen LogP contribution is 2.26. The molecule has 0 aromatic heterocycles. The first-order chi connectivity index (χ1) is 7.20. The summed E-state index contributed by atoms with van der Waals surface area (Å²) in [4.78, 5) is 11.0. The molecular weight excluding hydrogens is 197 g/mol. The number of hydrogen-bond acceptors (Lipinski definition) is 2. The van der Waals surface area contributed by atoms with Crippen LogP contribution in [0, 0.1) is 5.82 Å². The minimum Gasteiger partial charge on any atom is -0.494 e. The quantitative estimate of drug-likeness (QED) is 0.800. The first-order valence-electron chi connectivity index (χ1n) is 4.81. The molecule has 4 heteroatoms. The van der Waals surface area contributed by atoms with E-state index in [-0.39, 0.29) is 23.4 Å². The number of benzene rings is 1. The fourth-order valence-electron chi connectivity index (χ4n) is 1.78. The van der Waals surface area contributed by atoms with Crippen LogP contribution in [-0.4, -0.2) is 19.6 Å². The van der Waals surface area contributed by atoms with E-state index in [0.717, 1.165) is 5.56 Å². The number of halogens is 1. The summed E-state index contributed by atoms with van der Waals surface area (Å²) in [5.41, 5.74) is 0.839. The monoisotopic (exact) mass is 209 g/mol. The van der Waals surface area contributed by atoms with Crippen molar-refractivity contribution in [2.75, 3.05) is 13.7 Å². The van der Waals surface area contributed by atoms with E-state index in [1.165, 1.54) is 13.2 Å². The summed E-state index contributed by atoms with van der Waals surface area (Å²) in [6.45, 7) is 0.588. The van der Waals surface area contributed by atoms with E-state index < -0.39 is 0 Å². The number of nitrogens with one attached hydrogen (secondary N) is 1. The lowest BCUT2D eigenvalue weighted by Gasteiger charge is -2.09. The molecule has 1 aromatic rings. The van der Waals surface area contributed by atoms with Crippen molar-refractivity contribution < 1.29 is 13.9 Å². The van der Waals surface area contributed by atoms with Gasteiger partial charge in [0.05, 0.1) is 7.11 Å². The lowest BCUT2D eigenvalue weighted by molar-refractivity contribution is -0.119. The average Bonchev–Trinajstić information content (AvgIpc) is 2.65. The summed E-state index contributed by atoms with van der Waals surface area (Å²) in [6, 6.07) is 4.82. The molecule has 1 N–H and O–H groups in total. The Kier molecular flexibility index (Phi) is 2.58. The molecule has 1 aliphatic heterocycles. The molecule has 1 aromatic carbocycles. The average molecular weight is 209 g/mol. The molecule has 0 spiro atoms. The van der Waals surface area contributed by atoms with Gasteiger partial charge in [-0.15, -0.1) is 0 Å². The van der Waals surface area contributed by atoms with Gasteiger partial charge in [-0.2, -0.15) is 0 Å². The van der Waals surface area contributed by atoms with Gasteiger partial charge in [0.15, 0.2) is 11.6 Å². The SMILES string of the molecule is COc1ccc(C2CNC(=O)C2)cc1F. The number of ether oxygens (including phenoxy) is 1. The zero-order valence-corrected chi connectivity index (χ0v) is 8.42. The third kappa shape index (κ3) is 1.93. The molecule has 1 aliphatic rings. The van der Waals surface area contributed by atoms with E-state index >= 15 is 0 Å². The van der Waals surface area contributed by atoms with Gasteiger partial charge in [0.2, 0.25) is 5.91 Å². The Morgan fingerprint density at radius 3 is 2.87 bits per heavy atom. The third-order valence-corrected chi connectivity index (χ3v) is 2.62. The zero-order valence-electron chi connectivity index (χ0n) is 8.42. The van der Waals surface area contributed by atoms with Crippen LogP contribution in [0.25, 0.3) is 0 Å². The van der Waals surface area contributed by atoms with Gasteiger partial charge in [0.1, 0.15) is 0 Å². The van der Waals surface area contributed by atoms with Crippen LogP contribution in [0.5, 0.6) is 5.75 Å². The molecule has 0 aliphatic carbocycles. The van der Waals surface area contributed by atoms with Crippen molar-refractivity contribution in [1.29, 1.82) is 0 Å². The van der Waals surface area contributed by atoms with E-state index in [1.54, 1.807) is 12.1 Å². The van der Waals surface area contributed by atoms with Crippen LogP contribution in [0.3, 0.4) is 0 Å². The van der Waals surface area contributed by atoms with Crippen molar-refractivity contribution in [1.82, 2.24) is 5.32 Å². The Morgan fingerprint density at radius 1 is 1.53 bits per heavy atom. The van der Waals surface area contributed by atoms with Gasteiger partial charge in [0.25, 0.3) is 0 Å². The number of rotatable bonds is 2. The molecule has 1 atom stereocenters. The van der Waals surface area contributed by atoms with Crippen molar-refractivity contribution in [3.8, 4) is 5.75 Å². The van der Waals surface area contributed by atoms with E-state index in [2.05, 4.69) is 5.32 Å². The van der Waals surface area contributed by atoms with E-state index in [0.29, 0.717) is 13.0 Å². The Morgan fingerprint density at radius 2 is 2.33 bits per heavy atom. The van der Waals surface area contributed by atoms with Crippen molar-refractivity contribution >= 4 is 5.91 Å². The van der Waals surface area contributed by atoms with Gasteiger partial charge < -0.3 is 10.1 Å². The van der Waals surface area contributed by atoms with Crippen LogP contribution < -0.4 is 10.1 Å². The summed E-state index contributed by atoms with van der Waals surface area (Å²) in [5, 5.41) is 2.72. The number of carbonyl (C=O) groups excluding carboxylic acids is 1. The lowest BCUT2D eigenvalue weighted by Crippen LogP contribution is -2.13. The third-order valence-electron chi connectivity index (χ3n) is 2.62. The van der Waals surface area contributed by atoms with E-state index in [1.807, 2.05) is 0 Å². The molecule has 15 heavy (non-hydrogen) atoms. The molecule has 2 rings (SSSR count). The van der Waals surface area contributed by atoms with Crippen LogP contribution in [0.15, 0.2) is 18.2 Å². The maximum atomic E-state index is 13.4. The van der Waals surface area contributed by atoms with Gasteiger partial charge >= 0.3 is 0 Å². The Bertz CT molecular complexity index is 392. The highest BCUT2D eigenvalue weighted by molar-refractivity contribution is 5.79. The molecule has 0 radical (unpaired) electrons. The predicted molar refractivity (Wildman–Crippen MR) is 53.3 cm³/mol. The maximum absolute atomic E-state index is 13.4. The summed E-state index contributed by atoms with van der Waals surface area (Å²) < 4.78 is 18.2. The van der Waals surface area contributed by atoms with Crippen LogP contribution in [0.1, 0.15) is 17.9 Å². The molecule has 1 heterocycles. The lowest BCUT2D eigenvalue weighted by atomic mass is 9.98. The summed E-state index contributed by atoms with van der Waals surface area (Å²) in [7, 11) is 1.43. The largest absolute Gasteiger partial charge is 0.494 e. The molecule has 0 saturated carbocycles. The van der Waals surface area contributed by atoms with Gasteiger partial charge in [-0.3, -0.25) is 4.79 Å². The summed E-state index contributed by atoms with van der Waals surface area (Å²) in [6.07, 6.45) is 0.436. The minimum atomic E-state index is -0.380. The maximum Gasteiger partial charge on any atom is 0.220 e. The summed E-state index contributed by atoms with van der Waals surface area (Å²) in [5.74, 6) is -0.0421. The predicted octanol–water partition coefficient (Wildman–Crippen LogP) is 1.44. The molecule has 1 unspecified atom stereocenters. The molecule has 1 saturated heterocycles. The van der Waals surface area contributed by atoms with Crippen LogP contribution in [0.4, 0.5) is 4.39 Å². The zero-order chi connectivity index (χ0) is 10.8. The Balaban J connectivity index is 2.22. The van der Waals surface area contributed by atoms with E-state index in [4.69, 9.17) is 4.74 Å². The Hall–Kier alpha value is -1.58. The number of amides is 1. The second-order valence-electron chi connectivity index (χ2n) is 3.60. The number of carbonyl (C=O) groups is 1. The van der Waals surface area contributed by atoms with Crippen molar-refractivity contribution in [3.63, 3.8) is 0 Å². The Labute approximate surface area is 87.2 Å². The fraction of sp³-hybridized carbons (Fsp3) is 0.364. The second-order valence-corrected chi connectivity index (χ2v) is 3.60. The van der Waals surface area contributed by atoms with Crippen LogP contribution in [0.2, 0.25) is 0 Å². The first kappa shape index (κ1) is 9.96. The normalized spacial score (nSPS) is 20.1. The second kappa shape index (κ2) is 3.88. The molecule has 80 valence electrons. The van der Waals surface area contributed by atoms with Crippen molar-refractivity contribution in [2.24, 2.45) is 0 Å². The van der Waals surface area contributed by atoms with Gasteiger partial charge in [-0.05, 0) is 17.7 Å². The minimum absolute atomic E-state index is 0.0243. The molecule has 3 nitrogen and oxygen atoms in total. The van der Waals surface area contributed by atoms with Crippen LogP contribution >= 0.6 is 0 Å². The summed E-state index contributed by atoms with van der Waals surface area (Å²) >= 11 is 0. The van der Waals surface area contributed by atoms with Gasteiger partial charge in [0, 0.05) is 18.9 Å². The molecule has 1 amide bonds. The van der Waals surface area contributed by atoms with Gasteiger partial charge in [-0.25, -0.2) is 4.39 Å². The topological polar surface area (TPSA) is 38.3 Å². The first-order valence-corrected chi connectivity index (χ1v) is 4.81. The molecular formula is C11H12FNO2. The molecule has 0 bridgehead atoms. The van der Waals surface area contributed by atoms with Crippen molar-refractivity contribution in [2.45, 2.75) is 12.3 Å². The van der Waals surface area contributed by atoms with Crippen LogP contribution in [-0.2, 0) is 4.79 Å². The standard InChI is InChI=1S/C11H12FNO2/c1-15-10-3-2-7(4-9(10)12)8-5-11(14)13-6-8/h2-4,8H,5-6H2,1H3,(H,13,14). The smallest absolute Gasteiger partial charge is 0.220 e. The van der Waals surface area contributed by atoms with Gasteiger partial charge in [-0.1, -0.05) is 6.07 Å². The fourth-order valence-corrected chi connectivity index (χ4v) is 1.78.